The Hall–Kier alpha value is -2.81. The Labute approximate surface area is 240 Å². The zero-order chi connectivity index (χ0) is 27.8. The van der Waals surface area contributed by atoms with Gasteiger partial charge in [0.05, 0.1) is 15.5 Å². The Kier molecular flexibility index (Phi) is 10.1. The van der Waals surface area contributed by atoms with Gasteiger partial charge in [-0.05, 0) is 49.4 Å². The summed E-state index contributed by atoms with van der Waals surface area (Å²) >= 11 is 12.4. The van der Waals surface area contributed by atoms with E-state index in [9.17, 15) is 14.4 Å². The molecular weight excluding hydrogens is 537 g/mol. The lowest BCUT2D eigenvalue weighted by Gasteiger charge is -2.43. The molecule has 39 heavy (non-hydrogen) atoms. The minimum atomic E-state index is -0.814. The molecule has 210 valence electrons. The molecular formula is C29H37Cl2N5O3. The first kappa shape index (κ1) is 29.2. The molecule has 8 nitrogen and oxygen atoms in total. The minimum absolute atomic E-state index is 0.0442. The zero-order valence-corrected chi connectivity index (χ0v) is 23.9. The van der Waals surface area contributed by atoms with E-state index in [2.05, 4.69) is 16.0 Å². The van der Waals surface area contributed by atoms with Crippen molar-refractivity contribution in [2.75, 3.05) is 45.8 Å². The lowest BCUT2D eigenvalue weighted by atomic mass is 9.74. The van der Waals surface area contributed by atoms with Gasteiger partial charge in [0.15, 0.2) is 0 Å². The van der Waals surface area contributed by atoms with Crippen molar-refractivity contribution in [2.45, 2.75) is 38.6 Å². The third kappa shape index (κ3) is 7.44. The van der Waals surface area contributed by atoms with Crippen molar-refractivity contribution in [3.05, 3.63) is 69.7 Å². The number of amides is 4. The highest BCUT2D eigenvalue weighted by molar-refractivity contribution is 6.42. The fraction of sp³-hybridized carbons (Fsp3) is 0.483. The summed E-state index contributed by atoms with van der Waals surface area (Å²) in [6.45, 7) is 5.78. The molecule has 0 saturated carbocycles. The number of carbonyl (C=O) groups excluding carboxylic acids is 3. The van der Waals surface area contributed by atoms with Gasteiger partial charge in [0.1, 0.15) is 6.04 Å². The number of carbonyl (C=O) groups is 3. The maximum atomic E-state index is 14.1. The third-order valence-corrected chi connectivity index (χ3v) is 8.26. The van der Waals surface area contributed by atoms with Crippen molar-refractivity contribution >= 4 is 41.0 Å². The summed E-state index contributed by atoms with van der Waals surface area (Å²) in [4.78, 5) is 44.2. The third-order valence-electron chi connectivity index (χ3n) is 7.52. The van der Waals surface area contributed by atoms with Crippen LogP contribution in [0.5, 0.6) is 0 Å². The number of benzene rings is 2. The summed E-state index contributed by atoms with van der Waals surface area (Å²) in [6.07, 6.45) is 2.17. The van der Waals surface area contributed by atoms with Crippen molar-refractivity contribution in [3.8, 4) is 0 Å². The molecule has 0 spiro atoms. The van der Waals surface area contributed by atoms with Crippen LogP contribution in [-0.4, -0.2) is 79.5 Å². The van der Waals surface area contributed by atoms with Gasteiger partial charge in [-0.1, -0.05) is 59.6 Å². The summed E-state index contributed by atoms with van der Waals surface area (Å²) < 4.78 is 0. The molecule has 0 radical (unpaired) electrons. The fourth-order valence-electron chi connectivity index (χ4n) is 5.50. The molecule has 3 N–H and O–H groups in total. The minimum Gasteiger partial charge on any atom is -0.356 e. The molecule has 0 aromatic heterocycles. The van der Waals surface area contributed by atoms with E-state index in [4.69, 9.17) is 23.2 Å². The van der Waals surface area contributed by atoms with Gasteiger partial charge in [-0.25, -0.2) is 4.79 Å². The van der Waals surface area contributed by atoms with Gasteiger partial charge >= 0.3 is 6.03 Å². The van der Waals surface area contributed by atoms with Crippen LogP contribution in [0.1, 0.15) is 30.9 Å². The molecule has 2 fully saturated rings. The largest absolute Gasteiger partial charge is 0.356 e. The lowest BCUT2D eigenvalue weighted by Crippen LogP contribution is -2.60. The number of piperazine rings is 1. The van der Waals surface area contributed by atoms with E-state index in [1.807, 2.05) is 43.3 Å². The normalized spacial score (nSPS) is 20.3. The average molecular weight is 575 g/mol. The summed E-state index contributed by atoms with van der Waals surface area (Å²) in [5.74, 6) is -0.247. The van der Waals surface area contributed by atoms with E-state index >= 15 is 0 Å². The Bertz CT molecular complexity index is 1160. The molecule has 1 unspecified atom stereocenters. The molecule has 0 bridgehead atoms. The molecule has 4 rings (SSSR count). The predicted molar refractivity (Wildman–Crippen MR) is 154 cm³/mol. The van der Waals surface area contributed by atoms with Gasteiger partial charge in [0.25, 0.3) is 0 Å². The summed E-state index contributed by atoms with van der Waals surface area (Å²) in [7, 11) is 0. The maximum absolute atomic E-state index is 14.1. The number of likely N-dealkylation sites (tertiary alicyclic amines) is 1. The van der Waals surface area contributed by atoms with Crippen LogP contribution in [-0.2, 0) is 22.4 Å². The van der Waals surface area contributed by atoms with Gasteiger partial charge in [0, 0.05) is 52.2 Å². The number of piperidine rings is 1. The van der Waals surface area contributed by atoms with E-state index in [0.29, 0.717) is 68.6 Å². The smallest absolute Gasteiger partial charge is 0.318 e. The van der Waals surface area contributed by atoms with Crippen molar-refractivity contribution in [1.29, 1.82) is 0 Å². The van der Waals surface area contributed by atoms with Crippen molar-refractivity contribution in [1.82, 2.24) is 25.8 Å². The van der Waals surface area contributed by atoms with Gasteiger partial charge in [0.2, 0.25) is 11.8 Å². The monoisotopic (exact) mass is 573 g/mol. The van der Waals surface area contributed by atoms with Crippen LogP contribution < -0.4 is 16.0 Å². The highest BCUT2D eigenvalue weighted by atomic mass is 35.5. The van der Waals surface area contributed by atoms with Crippen LogP contribution in [0.4, 0.5) is 4.79 Å². The molecule has 2 aliphatic heterocycles. The highest BCUT2D eigenvalue weighted by Crippen LogP contribution is 2.35. The maximum Gasteiger partial charge on any atom is 0.318 e. The van der Waals surface area contributed by atoms with Crippen LogP contribution in [0.25, 0.3) is 0 Å². The van der Waals surface area contributed by atoms with Crippen molar-refractivity contribution in [3.63, 3.8) is 0 Å². The second-order valence-corrected chi connectivity index (χ2v) is 11.2. The summed E-state index contributed by atoms with van der Waals surface area (Å²) in [6, 6.07) is 14.1. The van der Waals surface area contributed by atoms with Crippen molar-refractivity contribution in [2.24, 2.45) is 5.41 Å². The Morgan fingerprint density at radius 2 is 1.72 bits per heavy atom. The second kappa shape index (κ2) is 13.5. The SMILES string of the molecule is CCNC(=O)[C@]1(Cc2ccccc2)CCCN(C(=O)C(Cc2ccc(Cl)c(Cl)c2)NC(=O)N2CCNCC2)C1. The van der Waals surface area contributed by atoms with Crippen LogP contribution >= 0.6 is 23.2 Å². The van der Waals surface area contributed by atoms with E-state index < -0.39 is 11.5 Å². The van der Waals surface area contributed by atoms with Crippen LogP contribution in [0.3, 0.4) is 0 Å². The molecule has 2 atom stereocenters. The van der Waals surface area contributed by atoms with Gasteiger partial charge < -0.3 is 25.8 Å². The number of hydrogen-bond acceptors (Lipinski definition) is 4. The summed E-state index contributed by atoms with van der Waals surface area (Å²) in [5, 5.41) is 10.1. The molecule has 0 aliphatic carbocycles. The first-order chi connectivity index (χ1) is 18.8. The van der Waals surface area contributed by atoms with E-state index in [1.54, 1.807) is 21.9 Å². The van der Waals surface area contributed by atoms with Crippen LogP contribution in [0, 0.1) is 5.41 Å². The average Bonchev–Trinajstić information content (AvgIpc) is 2.95. The quantitative estimate of drug-likeness (QED) is 0.450. The molecule has 10 heteroatoms. The van der Waals surface area contributed by atoms with E-state index in [1.165, 1.54) is 0 Å². The molecule has 4 amide bonds. The fourth-order valence-corrected chi connectivity index (χ4v) is 5.82. The molecule has 2 saturated heterocycles. The highest BCUT2D eigenvalue weighted by Gasteiger charge is 2.44. The predicted octanol–water partition coefficient (Wildman–Crippen LogP) is 3.51. The summed E-state index contributed by atoms with van der Waals surface area (Å²) in [5.41, 5.74) is 1.10. The number of hydrogen-bond donors (Lipinski definition) is 3. The number of nitrogens with zero attached hydrogens (tertiary/aromatic N) is 2. The first-order valence-corrected chi connectivity index (χ1v) is 14.4. The molecule has 2 aromatic rings. The Balaban J connectivity index is 1.58. The number of urea groups is 1. The van der Waals surface area contributed by atoms with Crippen LogP contribution in [0.2, 0.25) is 10.0 Å². The Morgan fingerprint density at radius 1 is 0.974 bits per heavy atom. The zero-order valence-electron chi connectivity index (χ0n) is 22.3. The van der Waals surface area contributed by atoms with E-state index in [-0.39, 0.29) is 30.8 Å². The second-order valence-electron chi connectivity index (χ2n) is 10.4. The van der Waals surface area contributed by atoms with Gasteiger partial charge in [-0.3, -0.25) is 9.59 Å². The number of nitrogens with one attached hydrogen (secondary N) is 3. The standard InChI is InChI=1S/C29H37Cl2N5O3/c1-2-33-27(38)29(19-21-7-4-3-5-8-21)11-6-14-36(20-29)26(37)25(18-22-9-10-23(30)24(31)17-22)34-28(39)35-15-12-32-13-16-35/h3-5,7-10,17,25,32H,2,6,11-16,18-20H2,1H3,(H,33,38)(H,34,39)/t25?,29-/m0/s1. The first-order valence-electron chi connectivity index (χ1n) is 13.6. The van der Waals surface area contributed by atoms with Gasteiger partial charge in [-0.15, -0.1) is 0 Å². The van der Waals surface area contributed by atoms with Crippen LogP contribution in [0.15, 0.2) is 48.5 Å². The topological polar surface area (TPSA) is 93.8 Å². The number of halogens is 2. The van der Waals surface area contributed by atoms with Crippen molar-refractivity contribution < 1.29 is 14.4 Å². The Morgan fingerprint density at radius 3 is 2.41 bits per heavy atom. The molecule has 2 aromatic carbocycles. The van der Waals surface area contributed by atoms with Gasteiger partial charge in [-0.2, -0.15) is 0 Å². The molecule has 2 aliphatic rings. The number of rotatable bonds is 8. The molecule has 2 heterocycles. The van der Waals surface area contributed by atoms with E-state index in [0.717, 1.165) is 11.1 Å². The lowest BCUT2D eigenvalue weighted by molar-refractivity contribution is -0.142.